The van der Waals surface area contributed by atoms with Crippen LogP contribution in [-0.4, -0.2) is 0 Å². The van der Waals surface area contributed by atoms with Crippen LogP contribution in [-0.2, 0) is 0 Å². The van der Waals surface area contributed by atoms with Gasteiger partial charge in [0, 0.05) is 8.22 Å². The highest BCUT2D eigenvalue weighted by Crippen LogP contribution is 2.24. The molecule has 0 unspecified atom stereocenters. The Labute approximate surface area is 106 Å². The Morgan fingerprint density at radius 3 is 1.88 bits per heavy atom. The summed E-state index contributed by atoms with van der Waals surface area (Å²) in [5.41, 5.74) is 3.01. The number of benzene rings is 2. The largest absolute Gasteiger partial charge is 0.0587 e. The zero-order chi connectivity index (χ0) is 16.7. The summed E-state index contributed by atoms with van der Waals surface area (Å²) >= 11 is 0. The van der Waals surface area contributed by atoms with E-state index in [1.165, 1.54) is 0 Å². The minimum Gasteiger partial charge on any atom is -0.0587 e. The highest BCUT2D eigenvalue weighted by atomic mass is 14.1. The molecular weight excluding hydrogens is 192 g/mol. The molecule has 0 saturated carbocycles. The second-order valence-corrected chi connectivity index (χ2v) is 4.06. The summed E-state index contributed by atoms with van der Waals surface area (Å²) in [7, 11) is 0. The molecule has 82 valence electrons. The first-order valence-corrected chi connectivity index (χ1v) is 5.23. The van der Waals surface area contributed by atoms with E-state index >= 15 is 0 Å². The quantitative estimate of drug-likeness (QED) is 0.654. The molecule has 0 fully saturated rings. The molecule has 0 saturated heterocycles. The van der Waals surface area contributed by atoms with Gasteiger partial charge in [0.25, 0.3) is 0 Å². The van der Waals surface area contributed by atoms with E-state index in [1.54, 1.807) is 19.1 Å². The fourth-order valence-electron chi connectivity index (χ4n) is 1.63. The van der Waals surface area contributed by atoms with E-state index in [2.05, 4.69) is 0 Å². The summed E-state index contributed by atoms with van der Waals surface area (Å²) < 4.78 is 45.9. The van der Waals surface area contributed by atoms with Crippen molar-refractivity contribution in [1.82, 2.24) is 0 Å². The van der Waals surface area contributed by atoms with Gasteiger partial charge in [0.05, 0.1) is 0 Å². The standard InChI is InChI=1S/C16H18/c1-11-5-7-15(8-6-11)16-9-12(2)14(4)13(3)10-16/h5-10H,1-4H3/i2D3,3D3. The second-order valence-electron chi connectivity index (χ2n) is 4.06. The summed E-state index contributed by atoms with van der Waals surface area (Å²) in [6.45, 7) is -1.17. The van der Waals surface area contributed by atoms with Crippen molar-refractivity contribution < 1.29 is 8.22 Å². The predicted molar refractivity (Wildman–Crippen MR) is 70.8 cm³/mol. The zero-order valence-corrected chi connectivity index (χ0v) is 9.46. The normalized spacial score (nSPS) is 17.6. The van der Waals surface area contributed by atoms with Crippen LogP contribution < -0.4 is 0 Å². The lowest BCUT2D eigenvalue weighted by Crippen LogP contribution is -1.88. The van der Waals surface area contributed by atoms with Crippen molar-refractivity contribution in [2.24, 2.45) is 0 Å². The molecule has 0 heteroatoms. The molecule has 2 rings (SSSR count). The molecule has 16 heavy (non-hydrogen) atoms. The van der Waals surface area contributed by atoms with Gasteiger partial charge in [0.2, 0.25) is 0 Å². The van der Waals surface area contributed by atoms with E-state index < -0.39 is 13.7 Å². The van der Waals surface area contributed by atoms with Crippen LogP contribution in [0.3, 0.4) is 0 Å². The Morgan fingerprint density at radius 2 is 1.38 bits per heavy atom. The average molecular weight is 216 g/mol. The molecule has 0 nitrogen and oxygen atoms in total. The van der Waals surface area contributed by atoms with Gasteiger partial charge < -0.3 is 0 Å². The van der Waals surface area contributed by atoms with Gasteiger partial charge in [-0.1, -0.05) is 42.0 Å². The Balaban J connectivity index is 2.73. The van der Waals surface area contributed by atoms with Crippen LogP contribution in [0.4, 0.5) is 0 Å². The fourth-order valence-corrected chi connectivity index (χ4v) is 1.63. The van der Waals surface area contributed by atoms with Crippen molar-refractivity contribution >= 4 is 0 Å². The third-order valence-corrected chi connectivity index (χ3v) is 2.79. The van der Waals surface area contributed by atoms with E-state index in [4.69, 9.17) is 8.22 Å². The molecule has 0 radical (unpaired) electrons. The highest BCUT2D eigenvalue weighted by Gasteiger charge is 2.02. The van der Waals surface area contributed by atoms with E-state index in [9.17, 15) is 0 Å². The van der Waals surface area contributed by atoms with E-state index in [0.29, 0.717) is 11.1 Å². The number of aryl methyl sites for hydroxylation is 3. The van der Waals surface area contributed by atoms with Crippen molar-refractivity contribution in [3.8, 4) is 11.1 Å². The maximum atomic E-state index is 7.66. The molecule has 0 spiro atoms. The van der Waals surface area contributed by atoms with Crippen LogP contribution in [0, 0.1) is 27.6 Å². The van der Waals surface area contributed by atoms with Gasteiger partial charge >= 0.3 is 0 Å². The summed E-state index contributed by atoms with van der Waals surface area (Å²) in [4.78, 5) is 0. The van der Waals surface area contributed by atoms with Crippen molar-refractivity contribution in [2.45, 2.75) is 27.6 Å². The Morgan fingerprint density at radius 1 is 0.812 bits per heavy atom. The predicted octanol–water partition coefficient (Wildman–Crippen LogP) is 4.59. The van der Waals surface area contributed by atoms with Gasteiger partial charge in [-0.2, -0.15) is 0 Å². The lowest BCUT2D eigenvalue weighted by molar-refractivity contribution is 1.27. The van der Waals surface area contributed by atoms with E-state index in [-0.39, 0.29) is 11.1 Å². The molecule has 0 amide bonds. The molecule has 2 aromatic rings. The minimum absolute atomic E-state index is 0.0942. The minimum atomic E-state index is -2.34. The summed E-state index contributed by atoms with van der Waals surface area (Å²) in [5, 5.41) is 0. The Kier molecular flexibility index (Phi) is 1.46. The molecule has 0 aliphatic rings. The Hall–Kier alpha value is -1.56. The monoisotopic (exact) mass is 216 g/mol. The molecule has 2 aromatic carbocycles. The lowest BCUT2D eigenvalue weighted by atomic mass is 9.96. The van der Waals surface area contributed by atoms with Crippen molar-refractivity contribution in [3.05, 3.63) is 58.7 Å². The molecule has 0 heterocycles. The highest BCUT2D eigenvalue weighted by molar-refractivity contribution is 5.66. The molecule has 0 atom stereocenters. The van der Waals surface area contributed by atoms with Gasteiger partial charge in [-0.3, -0.25) is 0 Å². The molecule has 0 bridgehead atoms. The molecule has 0 aliphatic carbocycles. The van der Waals surface area contributed by atoms with Crippen LogP contribution in [0.5, 0.6) is 0 Å². The van der Waals surface area contributed by atoms with E-state index in [1.807, 2.05) is 31.2 Å². The maximum absolute atomic E-state index is 7.66. The Bertz CT molecular complexity index is 642. The van der Waals surface area contributed by atoms with Crippen LogP contribution in [0.15, 0.2) is 36.4 Å². The van der Waals surface area contributed by atoms with Crippen LogP contribution in [0.25, 0.3) is 11.1 Å². The third-order valence-electron chi connectivity index (χ3n) is 2.79. The third kappa shape index (κ3) is 2.01. The van der Waals surface area contributed by atoms with Gasteiger partial charge in [0.15, 0.2) is 0 Å². The first-order chi connectivity index (χ1) is 10.00. The number of rotatable bonds is 1. The summed E-state index contributed by atoms with van der Waals surface area (Å²) in [5.74, 6) is 0. The average Bonchev–Trinajstić information content (AvgIpc) is 2.37. The second kappa shape index (κ2) is 4.13. The lowest BCUT2D eigenvalue weighted by Gasteiger charge is -2.09. The number of hydrogen-bond acceptors (Lipinski definition) is 0. The van der Waals surface area contributed by atoms with Crippen molar-refractivity contribution in [1.29, 1.82) is 0 Å². The molecule has 0 N–H and O–H groups in total. The molecular formula is C16H18. The number of hydrogen-bond donors (Lipinski definition) is 0. The van der Waals surface area contributed by atoms with E-state index in [0.717, 1.165) is 11.1 Å². The van der Waals surface area contributed by atoms with Gasteiger partial charge in [-0.05, 0) is 55.4 Å². The van der Waals surface area contributed by atoms with Gasteiger partial charge in [-0.15, -0.1) is 0 Å². The zero-order valence-electron chi connectivity index (χ0n) is 15.5. The van der Waals surface area contributed by atoms with Crippen LogP contribution in [0.2, 0.25) is 0 Å². The van der Waals surface area contributed by atoms with Gasteiger partial charge in [-0.25, -0.2) is 0 Å². The van der Waals surface area contributed by atoms with Crippen molar-refractivity contribution in [3.63, 3.8) is 0 Å². The maximum Gasteiger partial charge on any atom is 0.0280 e. The first kappa shape index (κ1) is 5.67. The van der Waals surface area contributed by atoms with Gasteiger partial charge in [0.1, 0.15) is 0 Å². The smallest absolute Gasteiger partial charge is 0.0280 e. The summed E-state index contributed by atoms with van der Waals surface area (Å²) in [6.07, 6.45) is 0. The van der Waals surface area contributed by atoms with Crippen molar-refractivity contribution in [2.75, 3.05) is 0 Å². The SMILES string of the molecule is [2H]C([2H])([2H])c1cc(-c2ccc(C)cc2)cc(C([2H])([2H])[2H])c1C. The van der Waals surface area contributed by atoms with Crippen LogP contribution >= 0.6 is 0 Å². The first-order valence-electron chi connectivity index (χ1n) is 8.23. The molecule has 0 aliphatic heterocycles. The summed E-state index contributed by atoms with van der Waals surface area (Å²) in [6, 6.07) is 10.7. The molecule has 0 aromatic heterocycles. The fraction of sp³-hybridized carbons (Fsp3) is 0.250. The van der Waals surface area contributed by atoms with Crippen LogP contribution in [0.1, 0.15) is 30.5 Å². The topological polar surface area (TPSA) is 0 Å².